The van der Waals surface area contributed by atoms with Crippen molar-refractivity contribution in [1.82, 2.24) is 25.6 Å². The first kappa shape index (κ1) is 19.3. The lowest BCUT2D eigenvalue weighted by Crippen LogP contribution is -2.51. The van der Waals surface area contributed by atoms with Crippen LogP contribution in [-0.2, 0) is 13.5 Å². The number of guanidine groups is 1. The predicted octanol–water partition coefficient (Wildman–Crippen LogP) is 1.79. The van der Waals surface area contributed by atoms with E-state index in [1.54, 1.807) is 0 Å². The van der Waals surface area contributed by atoms with Crippen molar-refractivity contribution in [2.45, 2.75) is 46.1 Å². The van der Waals surface area contributed by atoms with E-state index in [1.165, 1.54) is 5.69 Å². The Hall–Kier alpha value is -2.51. The van der Waals surface area contributed by atoms with E-state index in [0.29, 0.717) is 12.6 Å². The van der Waals surface area contributed by atoms with E-state index in [-0.39, 0.29) is 0 Å². The van der Waals surface area contributed by atoms with Gasteiger partial charge in [-0.1, -0.05) is 5.16 Å². The van der Waals surface area contributed by atoms with Gasteiger partial charge in [-0.25, -0.2) is 0 Å². The van der Waals surface area contributed by atoms with Crippen LogP contribution in [0.25, 0.3) is 0 Å². The Morgan fingerprint density at radius 2 is 2.26 bits per heavy atom. The molecular formula is C19H31N7O. The highest BCUT2D eigenvalue weighted by Gasteiger charge is 2.21. The van der Waals surface area contributed by atoms with Gasteiger partial charge in [-0.2, -0.15) is 5.10 Å². The molecule has 2 aromatic heterocycles. The van der Waals surface area contributed by atoms with E-state index in [9.17, 15) is 0 Å². The SMILES string of the molecule is CCNC(=NCCc1c(C)noc1C)NC1CCCN(c2cnn(C)c2)C1. The van der Waals surface area contributed by atoms with Gasteiger partial charge in [-0.3, -0.25) is 9.67 Å². The minimum absolute atomic E-state index is 0.371. The summed E-state index contributed by atoms with van der Waals surface area (Å²) in [5, 5.41) is 15.3. The third kappa shape index (κ3) is 5.02. The molecule has 2 N–H and O–H groups in total. The number of nitrogens with one attached hydrogen (secondary N) is 2. The van der Waals surface area contributed by atoms with Crippen LogP contribution in [0.15, 0.2) is 21.9 Å². The van der Waals surface area contributed by atoms with E-state index < -0.39 is 0 Å². The van der Waals surface area contributed by atoms with Crippen LogP contribution in [0, 0.1) is 13.8 Å². The average Bonchev–Trinajstić information content (AvgIpc) is 3.22. The zero-order valence-electron chi connectivity index (χ0n) is 16.8. The molecule has 0 amide bonds. The first-order valence-corrected chi connectivity index (χ1v) is 9.77. The van der Waals surface area contributed by atoms with Crippen molar-refractivity contribution >= 4 is 11.6 Å². The largest absolute Gasteiger partial charge is 0.367 e. The molecule has 2 aromatic rings. The van der Waals surface area contributed by atoms with Gasteiger partial charge < -0.3 is 20.1 Å². The first-order chi connectivity index (χ1) is 13.1. The Balaban J connectivity index is 1.58. The summed E-state index contributed by atoms with van der Waals surface area (Å²) >= 11 is 0. The monoisotopic (exact) mass is 373 g/mol. The highest BCUT2D eigenvalue weighted by Crippen LogP contribution is 2.19. The zero-order chi connectivity index (χ0) is 19.2. The maximum atomic E-state index is 5.24. The van der Waals surface area contributed by atoms with E-state index >= 15 is 0 Å². The Bertz CT molecular complexity index is 744. The molecule has 1 saturated heterocycles. The molecule has 8 nitrogen and oxygen atoms in total. The Kier molecular flexibility index (Phi) is 6.36. The summed E-state index contributed by atoms with van der Waals surface area (Å²) in [4.78, 5) is 7.15. The summed E-state index contributed by atoms with van der Waals surface area (Å²) in [6.07, 6.45) is 7.15. The van der Waals surface area contributed by atoms with Gasteiger partial charge in [0.05, 0.1) is 17.6 Å². The van der Waals surface area contributed by atoms with Crippen LogP contribution in [0.1, 0.15) is 36.8 Å². The van der Waals surface area contributed by atoms with Gasteiger partial charge in [0.25, 0.3) is 0 Å². The first-order valence-electron chi connectivity index (χ1n) is 9.77. The third-order valence-corrected chi connectivity index (χ3v) is 4.98. The molecule has 148 valence electrons. The van der Waals surface area contributed by atoms with Crippen LogP contribution in [0.4, 0.5) is 5.69 Å². The summed E-state index contributed by atoms with van der Waals surface area (Å²) in [5.41, 5.74) is 3.31. The molecule has 1 aliphatic heterocycles. The number of aliphatic imine (C=N–C) groups is 1. The molecule has 27 heavy (non-hydrogen) atoms. The number of rotatable bonds is 6. The van der Waals surface area contributed by atoms with Gasteiger partial charge >= 0.3 is 0 Å². The third-order valence-electron chi connectivity index (χ3n) is 4.98. The lowest BCUT2D eigenvalue weighted by atomic mass is 10.1. The summed E-state index contributed by atoms with van der Waals surface area (Å²) in [7, 11) is 1.96. The number of aryl methyl sites for hydroxylation is 3. The van der Waals surface area contributed by atoms with Crippen LogP contribution >= 0.6 is 0 Å². The molecule has 0 aliphatic carbocycles. The van der Waals surface area contributed by atoms with E-state index in [1.807, 2.05) is 31.8 Å². The second-order valence-corrected chi connectivity index (χ2v) is 7.12. The van der Waals surface area contributed by atoms with Crippen molar-refractivity contribution in [1.29, 1.82) is 0 Å². The molecule has 0 bridgehead atoms. The molecule has 3 heterocycles. The van der Waals surface area contributed by atoms with Crippen molar-refractivity contribution in [2.75, 3.05) is 31.1 Å². The minimum Gasteiger partial charge on any atom is -0.367 e. The van der Waals surface area contributed by atoms with Crippen molar-refractivity contribution in [3.8, 4) is 0 Å². The number of nitrogens with zero attached hydrogens (tertiary/aromatic N) is 5. The maximum absolute atomic E-state index is 5.24. The standard InChI is InChI=1S/C19H31N7O/c1-5-20-19(21-9-8-18-14(2)24-27-15(18)3)23-16-7-6-10-26(12-16)17-11-22-25(4)13-17/h11,13,16H,5-10,12H2,1-4H3,(H2,20,21,23). The van der Waals surface area contributed by atoms with Crippen LogP contribution in [0.2, 0.25) is 0 Å². The molecule has 0 saturated carbocycles. The summed E-state index contributed by atoms with van der Waals surface area (Å²) in [5.74, 6) is 1.77. The predicted molar refractivity (Wildman–Crippen MR) is 107 cm³/mol. The van der Waals surface area contributed by atoms with Crippen molar-refractivity contribution in [2.24, 2.45) is 12.0 Å². The summed E-state index contributed by atoms with van der Waals surface area (Å²) in [6.45, 7) is 9.61. The number of piperidine rings is 1. The topological polar surface area (TPSA) is 83.5 Å². The quantitative estimate of drug-likeness (QED) is 0.593. The second kappa shape index (κ2) is 8.92. The summed E-state index contributed by atoms with van der Waals surface area (Å²) < 4.78 is 7.09. The molecule has 3 rings (SSSR count). The van der Waals surface area contributed by atoms with E-state index in [2.05, 4.69) is 38.9 Å². The van der Waals surface area contributed by atoms with Gasteiger partial charge in [0.2, 0.25) is 0 Å². The smallest absolute Gasteiger partial charge is 0.191 e. The number of hydrogen-bond donors (Lipinski definition) is 2. The number of aromatic nitrogens is 3. The van der Waals surface area contributed by atoms with Crippen LogP contribution in [-0.4, -0.2) is 53.1 Å². The van der Waals surface area contributed by atoms with E-state index in [0.717, 1.165) is 61.9 Å². The van der Waals surface area contributed by atoms with Crippen molar-refractivity contribution in [3.63, 3.8) is 0 Å². The molecule has 1 aliphatic rings. The van der Waals surface area contributed by atoms with Gasteiger partial charge in [-0.05, 0) is 40.0 Å². The molecular weight excluding hydrogens is 342 g/mol. The minimum atomic E-state index is 0.371. The fourth-order valence-electron chi connectivity index (χ4n) is 3.55. The normalized spacial score (nSPS) is 18.0. The molecule has 1 fully saturated rings. The summed E-state index contributed by atoms with van der Waals surface area (Å²) in [6, 6.07) is 0.371. The Morgan fingerprint density at radius 1 is 1.41 bits per heavy atom. The van der Waals surface area contributed by atoms with Gasteiger partial charge in [0, 0.05) is 51.0 Å². The van der Waals surface area contributed by atoms with Crippen LogP contribution in [0.5, 0.6) is 0 Å². The average molecular weight is 374 g/mol. The van der Waals surface area contributed by atoms with Crippen molar-refractivity contribution < 1.29 is 4.52 Å². The number of hydrogen-bond acceptors (Lipinski definition) is 5. The van der Waals surface area contributed by atoms with Gasteiger partial charge in [-0.15, -0.1) is 0 Å². The molecule has 0 aromatic carbocycles. The van der Waals surface area contributed by atoms with Gasteiger partial charge in [0.15, 0.2) is 5.96 Å². The van der Waals surface area contributed by atoms with Crippen LogP contribution in [0.3, 0.4) is 0 Å². The van der Waals surface area contributed by atoms with Crippen molar-refractivity contribution in [3.05, 3.63) is 29.4 Å². The molecule has 8 heteroatoms. The molecule has 1 unspecified atom stereocenters. The molecule has 0 radical (unpaired) electrons. The fourth-order valence-corrected chi connectivity index (χ4v) is 3.55. The Labute approximate surface area is 161 Å². The highest BCUT2D eigenvalue weighted by molar-refractivity contribution is 5.80. The zero-order valence-corrected chi connectivity index (χ0v) is 16.8. The lowest BCUT2D eigenvalue weighted by molar-refractivity contribution is 0.392. The maximum Gasteiger partial charge on any atom is 0.191 e. The fraction of sp³-hybridized carbons (Fsp3) is 0.632. The lowest BCUT2D eigenvalue weighted by Gasteiger charge is -2.34. The Morgan fingerprint density at radius 3 is 2.93 bits per heavy atom. The van der Waals surface area contributed by atoms with Crippen LogP contribution < -0.4 is 15.5 Å². The second-order valence-electron chi connectivity index (χ2n) is 7.12. The number of anilines is 1. The molecule has 1 atom stereocenters. The highest BCUT2D eigenvalue weighted by atomic mass is 16.5. The van der Waals surface area contributed by atoms with Gasteiger partial charge in [0.1, 0.15) is 5.76 Å². The molecule has 0 spiro atoms. The van der Waals surface area contributed by atoms with E-state index in [4.69, 9.17) is 9.52 Å².